The fraction of sp³-hybridized carbons (Fsp3) is 0.143. The summed E-state index contributed by atoms with van der Waals surface area (Å²) < 4.78 is 11.8. The predicted molar refractivity (Wildman–Crippen MR) is 51.1 cm³/mol. The van der Waals surface area contributed by atoms with Gasteiger partial charge in [-0.15, -0.1) is 4.39 Å². The molecule has 2 N–H and O–H groups in total. The molecule has 1 heterocycles. The van der Waals surface area contributed by atoms with Crippen LogP contribution in [0.3, 0.4) is 0 Å². The minimum absolute atomic E-state index is 0.0926. The average Bonchev–Trinajstić information content (AvgIpc) is 2.15. The molecule has 0 aromatic carbocycles. The van der Waals surface area contributed by atoms with Crippen LogP contribution < -0.4 is 10.6 Å². The van der Waals surface area contributed by atoms with Gasteiger partial charge in [0.25, 0.3) is 0 Å². The molecule has 0 aliphatic carbocycles. The number of carbonyl (C=O) groups excluding carboxylic acids is 1. The van der Waals surface area contributed by atoms with Gasteiger partial charge in [0.15, 0.2) is 5.11 Å². The first-order valence-corrected chi connectivity index (χ1v) is 4.09. The molecular formula is C7H7FN4OS. The van der Waals surface area contributed by atoms with E-state index < -0.39 is 6.16 Å². The highest BCUT2D eigenvalue weighted by Crippen LogP contribution is 1.85. The van der Waals surface area contributed by atoms with Crippen LogP contribution in [-0.2, 0) is 6.54 Å². The van der Waals surface area contributed by atoms with Crippen LogP contribution in [0.1, 0.15) is 5.82 Å². The SMILES string of the molecule is O=C(F)NC(=S)NCc1ncccn1. The maximum Gasteiger partial charge on any atom is 0.403 e. The Morgan fingerprint density at radius 3 is 2.71 bits per heavy atom. The largest absolute Gasteiger partial charge is 0.403 e. The Kier molecular flexibility index (Phi) is 3.86. The quantitative estimate of drug-likeness (QED) is 0.427. The summed E-state index contributed by atoms with van der Waals surface area (Å²) in [6.45, 7) is 0.236. The first kappa shape index (κ1) is 10.5. The number of rotatable bonds is 2. The van der Waals surface area contributed by atoms with Gasteiger partial charge in [-0.05, 0) is 18.3 Å². The lowest BCUT2D eigenvalue weighted by molar-refractivity contribution is 0.226. The van der Waals surface area contributed by atoms with Crippen molar-refractivity contribution in [2.75, 3.05) is 0 Å². The highest BCUT2D eigenvalue weighted by atomic mass is 32.1. The molecule has 1 aromatic rings. The maximum absolute atomic E-state index is 11.8. The van der Waals surface area contributed by atoms with Crippen molar-refractivity contribution < 1.29 is 9.18 Å². The molecule has 7 heteroatoms. The molecule has 0 saturated carbocycles. The second-order valence-corrected chi connectivity index (χ2v) is 2.65. The van der Waals surface area contributed by atoms with Crippen molar-refractivity contribution in [3.8, 4) is 0 Å². The van der Waals surface area contributed by atoms with Crippen LogP contribution in [0.25, 0.3) is 0 Å². The van der Waals surface area contributed by atoms with E-state index in [0.29, 0.717) is 5.82 Å². The van der Waals surface area contributed by atoms with E-state index in [0.717, 1.165) is 0 Å². The lowest BCUT2D eigenvalue weighted by atomic mass is 10.5. The van der Waals surface area contributed by atoms with Crippen molar-refractivity contribution in [3.05, 3.63) is 24.3 Å². The molecule has 1 aromatic heterocycles. The molecule has 0 fully saturated rings. The molecule has 0 atom stereocenters. The zero-order valence-electron chi connectivity index (χ0n) is 7.03. The Balaban J connectivity index is 2.34. The van der Waals surface area contributed by atoms with Gasteiger partial charge < -0.3 is 5.32 Å². The van der Waals surface area contributed by atoms with Crippen molar-refractivity contribution in [3.63, 3.8) is 0 Å². The summed E-state index contributed by atoms with van der Waals surface area (Å²) in [5.74, 6) is 0.503. The molecular weight excluding hydrogens is 207 g/mol. The Hall–Kier alpha value is -1.63. The van der Waals surface area contributed by atoms with E-state index in [9.17, 15) is 9.18 Å². The number of nitrogens with zero attached hydrogens (tertiary/aromatic N) is 2. The Morgan fingerprint density at radius 2 is 2.14 bits per heavy atom. The van der Waals surface area contributed by atoms with Gasteiger partial charge >= 0.3 is 6.16 Å². The summed E-state index contributed by atoms with van der Waals surface area (Å²) in [5, 5.41) is 4.24. The summed E-state index contributed by atoms with van der Waals surface area (Å²) in [6.07, 6.45) is 1.44. The minimum atomic E-state index is -1.70. The van der Waals surface area contributed by atoms with Crippen molar-refractivity contribution >= 4 is 23.5 Å². The molecule has 0 radical (unpaired) electrons. The minimum Gasteiger partial charge on any atom is -0.355 e. The fourth-order valence-electron chi connectivity index (χ4n) is 0.714. The van der Waals surface area contributed by atoms with Crippen LogP contribution in [0.2, 0.25) is 0 Å². The highest BCUT2D eigenvalue weighted by molar-refractivity contribution is 7.80. The van der Waals surface area contributed by atoms with Crippen LogP contribution in [0.5, 0.6) is 0 Å². The normalized spacial score (nSPS) is 9.21. The van der Waals surface area contributed by atoms with Crippen LogP contribution >= 0.6 is 12.2 Å². The molecule has 74 valence electrons. The van der Waals surface area contributed by atoms with Crippen molar-refractivity contribution in [2.45, 2.75) is 6.54 Å². The van der Waals surface area contributed by atoms with Gasteiger partial charge in [0.05, 0.1) is 6.54 Å². The second kappa shape index (κ2) is 5.18. The summed E-state index contributed by atoms with van der Waals surface area (Å²) in [4.78, 5) is 17.7. The zero-order valence-corrected chi connectivity index (χ0v) is 7.84. The average molecular weight is 214 g/mol. The van der Waals surface area contributed by atoms with Gasteiger partial charge in [-0.3, -0.25) is 5.32 Å². The first-order chi connectivity index (χ1) is 6.68. The van der Waals surface area contributed by atoms with E-state index in [-0.39, 0.29) is 11.7 Å². The standard InChI is InChI=1S/C7H7FN4OS/c8-6(13)12-7(14)11-4-5-9-2-1-3-10-5/h1-3H,4H2,(H2,11,12,13,14). The van der Waals surface area contributed by atoms with E-state index in [2.05, 4.69) is 27.5 Å². The smallest absolute Gasteiger partial charge is 0.355 e. The van der Waals surface area contributed by atoms with E-state index in [1.807, 2.05) is 0 Å². The number of hydrogen-bond acceptors (Lipinski definition) is 4. The highest BCUT2D eigenvalue weighted by Gasteiger charge is 2.01. The van der Waals surface area contributed by atoms with Crippen molar-refractivity contribution in [1.29, 1.82) is 0 Å². The van der Waals surface area contributed by atoms with Gasteiger partial charge in [-0.1, -0.05) is 0 Å². The third kappa shape index (κ3) is 3.85. The van der Waals surface area contributed by atoms with Crippen LogP contribution in [0, 0.1) is 0 Å². The molecule has 5 nitrogen and oxygen atoms in total. The monoisotopic (exact) mass is 214 g/mol. The third-order valence-corrected chi connectivity index (χ3v) is 1.48. The molecule has 1 rings (SSSR count). The molecule has 0 aliphatic rings. The second-order valence-electron chi connectivity index (χ2n) is 2.25. The van der Waals surface area contributed by atoms with Crippen LogP contribution in [-0.4, -0.2) is 21.2 Å². The molecule has 0 aliphatic heterocycles. The van der Waals surface area contributed by atoms with E-state index in [4.69, 9.17) is 0 Å². The lowest BCUT2D eigenvalue weighted by Gasteiger charge is -2.04. The van der Waals surface area contributed by atoms with Crippen molar-refractivity contribution in [1.82, 2.24) is 20.6 Å². The summed E-state index contributed by atoms with van der Waals surface area (Å²) in [6, 6.07) is 1.67. The van der Waals surface area contributed by atoms with Gasteiger partial charge in [-0.2, -0.15) is 0 Å². The number of carbonyl (C=O) groups is 1. The molecule has 0 saturated heterocycles. The zero-order chi connectivity index (χ0) is 10.4. The number of amides is 1. The van der Waals surface area contributed by atoms with E-state index >= 15 is 0 Å². The summed E-state index contributed by atoms with van der Waals surface area (Å²) in [5.41, 5.74) is 0. The molecule has 0 unspecified atom stereocenters. The molecule has 1 amide bonds. The van der Waals surface area contributed by atoms with Gasteiger partial charge in [-0.25, -0.2) is 14.8 Å². The predicted octanol–water partition coefficient (Wildman–Crippen LogP) is 0.530. The number of aromatic nitrogens is 2. The van der Waals surface area contributed by atoms with Gasteiger partial charge in [0.2, 0.25) is 0 Å². The van der Waals surface area contributed by atoms with Gasteiger partial charge in [0.1, 0.15) is 5.82 Å². The Morgan fingerprint density at radius 1 is 1.50 bits per heavy atom. The number of hydrogen-bond donors (Lipinski definition) is 2. The summed E-state index contributed by atoms with van der Waals surface area (Å²) in [7, 11) is 0. The molecule has 14 heavy (non-hydrogen) atoms. The van der Waals surface area contributed by atoms with E-state index in [1.165, 1.54) is 0 Å². The van der Waals surface area contributed by atoms with Crippen LogP contribution in [0.4, 0.5) is 9.18 Å². The topological polar surface area (TPSA) is 66.9 Å². The number of thiocarbonyl (C=S) groups is 1. The van der Waals surface area contributed by atoms with Gasteiger partial charge in [0, 0.05) is 12.4 Å². The third-order valence-electron chi connectivity index (χ3n) is 1.24. The first-order valence-electron chi connectivity index (χ1n) is 3.68. The van der Waals surface area contributed by atoms with Crippen LogP contribution in [0.15, 0.2) is 18.5 Å². The fourth-order valence-corrected chi connectivity index (χ4v) is 0.866. The molecule has 0 bridgehead atoms. The number of halogens is 1. The molecule has 0 spiro atoms. The van der Waals surface area contributed by atoms with Crippen molar-refractivity contribution in [2.24, 2.45) is 0 Å². The van der Waals surface area contributed by atoms with E-state index in [1.54, 1.807) is 23.8 Å². The Labute approximate surface area is 84.8 Å². The Bertz CT molecular complexity index is 332. The summed E-state index contributed by atoms with van der Waals surface area (Å²) >= 11 is 4.59. The maximum atomic E-state index is 11.8. The lowest BCUT2D eigenvalue weighted by Crippen LogP contribution is -2.36. The number of nitrogens with one attached hydrogen (secondary N) is 2.